The van der Waals surface area contributed by atoms with Gasteiger partial charge in [0.2, 0.25) is 5.91 Å². The Morgan fingerprint density at radius 2 is 2.14 bits per heavy atom. The molecule has 2 atom stereocenters. The van der Waals surface area contributed by atoms with Crippen LogP contribution in [0.25, 0.3) is 0 Å². The van der Waals surface area contributed by atoms with Crippen LogP contribution in [0.1, 0.15) is 13.8 Å². The van der Waals surface area contributed by atoms with Crippen LogP contribution >= 0.6 is 0 Å². The highest BCUT2D eigenvalue weighted by Gasteiger charge is 2.16. The van der Waals surface area contributed by atoms with Crippen LogP contribution in [0.3, 0.4) is 0 Å². The molecule has 0 aliphatic heterocycles. The number of aliphatic hydroxyl groups excluding tert-OH is 2. The zero-order valence-corrected chi connectivity index (χ0v) is 9.03. The number of carbonyl (C=O) groups excluding carboxylic acids is 1. The molecular formula is C9H20N2O3. The van der Waals surface area contributed by atoms with E-state index < -0.39 is 6.10 Å². The molecule has 0 rings (SSSR count). The van der Waals surface area contributed by atoms with Gasteiger partial charge in [0.25, 0.3) is 0 Å². The monoisotopic (exact) mass is 204 g/mol. The molecule has 5 heteroatoms. The van der Waals surface area contributed by atoms with E-state index in [0.29, 0.717) is 6.54 Å². The van der Waals surface area contributed by atoms with Crippen molar-refractivity contribution in [3.63, 3.8) is 0 Å². The summed E-state index contributed by atoms with van der Waals surface area (Å²) in [6.45, 7) is 4.22. The van der Waals surface area contributed by atoms with E-state index in [0.717, 1.165) is 0 Å². The van der Waals surface area contributed by atoms with Gasteiger partial charge >= 0.3 is 0 Å². The lowest BCUT2D eigenvalue weighted by Crippen LogP contribution is -2.45. The van der Waals surface area contributed by atoms with Gasteiger partial charge in [-0.05, 0) is 13.8 Å². The summed E-state index contributed by atoms with van der Waals surface area (Å²) < 4.78 is 0. The molecule has 5 nitrogen and oxygen atoms in total. The Balaban J connectivity index is 3.84. The molecule has 0 spiro atoms. The molecular weight excluding hydrogens is 184 g/mol. The van der Waals surface area contributed by atoms with Crippen LogP contribution < -0.4 is 5.32 Å². The molecule has 0 heterocycles. The van der Waals surface area contributed by atoms with Gasteiger partial charge in [0.1, 0.15) is 0 Å². The summed E-state index contributed by atoms with van der Waals surface area (Å²) in [7, 11) is 1.73. The molecule has 0 aromatic rings. The van der Waals surface area contributed by atoms with E-state index in [-0.39, 0.29) is 25.1 Å². The van der Waals surface area contributed by atoms with E-state index in [9.17, 15) is 4.79 Å². The Bertz CT molecular complexity index is 175. The second-order valence-corrected chi connectivity index (χ2v) is 3.32. The summed E-state index contributed by atoms with van der Waals surface area (Å²) in [5, 5.41) is 20.5. The van der Waals surface area contributed by atoms with Crippen molar-refractivity contribution in [1.82, 2.24) is 10.2 Å². The third-order valence-electron chi connectivity index (χ3n) is 2.09. The summed E-state index contributed by atoms with van der Waals surface area (Å²) in [5.74, 6) is -0.0161. The smallest absolute Gasteiger partial charge is 0.239 e. The Morgan fingerprint density at radius 1 is 1.57 bits per heavy atom. The molecule has 0 aliphatic carbocycles. The van der Waals surface area contributed by atoms with Crippen molar-refractivity contribution in [3.05, 3.63) is 0 Å². The van der Waals surface area contributed by atoms with E-state index in [1.165, 1.54) is 0 Å². The largest absolute Gasteiger partial charge is 0.394 e. The maximum absolute atomic E-state index is 11.5. The summed E-state index contributed by atoms with van der Waals surface area (Å²) in [6, 6.07) is -0.332. The van der Waals surface area contributed by atoms with E-state index in [1.54, 1.807) is 18.9 Å². The number of nitrogens with one attached hydrogen (secondary N) is 1. The van der Waals surface area contributed by atoms with E-state index >= 15 is 0 Å². The number of hydrogen-bond acceptors (Lipinski definition) is 4. The van der Waals surface area contributed by atoms with Gasteiger partial charge in [0.15, 0.2) is 0 Å². The number of likely N-dealkylation sites (N-methyl/N-ethyl adjacent to an activating group) is 1. The number of rotatable bonds is 6. The highest BCUT2D eigenvalue weighted by molar-refractivity contribution is 5.81. The van der Waals surface area contributed by atoms with Crippen molar-refractivity contribution < 1.29 is 15.0 Å². The average Bonchev–Trinajstić information content (AvgIpc) is 2.22. The van der Waals surface area contributed by atoms with Gasteiger partial charge in [-0.1, -0.05) is 0 Å². The van der Waals surface area contributed by atoms with Crippen molar-refractivity contribution in [2.45, 2.75) is 26.0 Å². The zero-order valence-electron chi connectivity index (χ0n) is 9.03. The molecule has 84 valence electrons. The van der Waals surface area contributed by atoms with Crippen LogP contribution in [-0.4, -0.2) is 59.9 Å². The first-order valence-electron chi connectivity index (χ1n) is 4.80. The van der Waals surface area contributed by atoms with Crippen molar-refractivity contribution >= 4 is 5.91 Å². The summed E-state index contributed by atoms with van der Waals surface area (Å²) >= 11 is 0. The number of amides is 1. The normalized spacial score (nSPS) is 14.9. The molecule has 0 saturated carbocycles. The fraction of sp³-hybridized carbons (Fsp3) is 0.889. The van der Waals surface area contributed by atoms with E-state index in [4.69, 9.17) is 10.2 Å². The van der Waals surface area contributed by atoms with Gasteiger partial charge in [-0.3, -0.25) is 4.79 Å². The highest BCUT2D eigenvalue weighted by atomic mass is 16.3. The molecule has 0 bridgehead atoms. The maximum Gasteiger partial charge on any atom is 0.239 e. The maximum atomic E-state index is 11.5. The fourth-order valence-corrected chi connectivity index (χ4v) is 0.951. The second-order valence-electron chi connectivity index (χ2n) is 3.32. The minimum atomic E-state index is -0.808. The van der Waals surface area contributed by atoms with Crippen LogP contribution in [0.4, 0.5) is 0 Å². The van der Waals surface area contributed by atoms with Gasteiger partial charge in [0.05, 0.1) is 18.8 Å². The summed E-state index contributed by atoms with van der Waals surface area (Å²) in [4.78, 5) is 13.1. The summed E-state index contributed by atoms with van der Waals surface area (Å²) in [6.07, 6.45) is -0.808. The lowest BCUT2D eigenvalue weighted by Gasteiger charge is -2.21. The standard InChI is InChI=1S/C9H20N2O3/c1-4-11(3)9(14)7(2)10-5-8(13)6-12/h7-8,10,12-13H,4-6H2,1-3H3. The Kier molecular flexibility index (Phi) is 6.44. The fourth-order valence-electron chi connectivity index (χ4n) is 0.951. The number of aliphatic hydroxyl groups is 2. The Labute approximate surface area is 84.7 Å². The number of carbonyl (C=O) groups is 1. The van der Waals surface area contributed by atoms with Gasteiger partial charge in [0, 0.05) is 20.1 Å². The SMILES string of the molecule is CCN(C)C(=O)C(C)NCC(O)CO. The first-order chi connectivity index (χ1) is 6.52. The van der Waals surface area contributed by atoms with E-state index in [1.807, 2.05) is 6.92 Å². The molecule has 0 aliphatic rings. The van der Waals surface area contributed by atoms with Gasteiger partial charge in [-0.25, -0.2) is 0 Å². The third kappa shape index (κ3) is 4.55. The van der Waals surface area contributed by atoms with Crippen LogP contribution in [0.2, 0.25) is 0 Å². The highest BCUT2D eigenvalue weighted by Crippen LogP contribution is 1.91. The molecule has 14 heavy (non-hydrogen) atoms. The molecule has 1 amide bonds. The predicted octanol–water partition coefficient (Wildman–Crippen LogP) is -1.20. The molecule has 0 radical (unpaired) electrons. The minimum Gasteiger partial charge on any atom is -0.394 e. The number of nitrogens with zero attached hydrogens (tertiary/aromatic N) is 1. The molecule has 3 N–H and O–H groups in total. The van der Waals surface area contributed by atoms with Crippen molar-refractivity contribution in [1.29, 1.82) is 0 Å². The average molecular weight is 204 g/mol. The second kappa shape index (κ2) is 6.75. The van der Waals surface area contributed by atoms with Crippen LogP contribution in [-0.2, 0) is 4.79 Å². The predicted molar refractivity (Wildman–Crippen MR) is 53.9 cm³/mol. The van der Waals surface area contributed by atoms with Crippen LogP contribution in [0, 0.1) is 0 Å². The topological polar surface area (TPSA) is 72.8 Å². The molecule has 2 unspecified atom stereocenters. The lowest BCUT2D eigenvalue weighted by atomic mass is 10.2. The molecule has 0 fully saturated rings. The van der Waals surface area contributed by atoms with Crippen molar-refractivity contribution in [2.75, 3.05) is 26.7 Å². The molecule has 0 aromatic heterocycles. The molecule has 0 aromatic carbocycles. The quantitative estimate of drug-likeness (QED) is 0.508. The van der Waals surface area contributed by atoms with Gasteiger partial charge in [-0.2, -0.15) is 0 Å². The minimum absolute atomic E-state index is 0.0161. The van der Waals surface area contributed by atoms with Gasteiger partial charge < -0.3 is 20.4 Å². The van der Waals surface area contributed by atoms with E-state index in [2.05, 4.69) is 5.32 Å². The summed E-state index contributed by atoms with van der Waals surface area (Å²) in [5.41, 5.74) is 0. The van der Waals surface area contributed by atoms with Crippen LogP contribution in [0.15, 0.2) is 0 Å². The lowest BCUT2D eigenvalue weighted by molar-refractivity contribution is -0.131. The Hall–Kier alpha value is -0.650. The first-order valence-corrected chi connectivity index (χ1v) is 4.80. The van der Waals surface area contributed by atoms with Crippen molar-refractivity contribution in [2.24, 2.45) is 0 Å². The van der Waals surface area contributed by atoms with Crippen molar-refractivity contribution in [3.8, 4) is 0 Å². The van der Waals surface area contributed by atoms with Gasteiger partial charge in [-0.15, -0.1) is 0 Å². The third-order valence-corrected chi connectivity index (χ3v) is 2.09. The zero-order chi connectivity index (χ0) is 11.1. The Morgan fingerprint density at radius 3 is 2.57 bits per heavy atom. The van der Waals surface area contributed by atoms with Crippen LogP contribution in [0.5, 0.6) is 0 Å². The first kappa shape index (κ1) is 13.4. The molecule has 0 saturated heterocycles. The number of hydrogen-bond donors (Lipinski definition) is 3.